The van der Waals surface area contributed by atoms with Crippen LogP contribution in [-0.4, -0.2) is 27.6 Å². The summed E-state index contributed by atoms with van der Waals surface area (Å²) in [5.74, 6) is -1.32. The molecule has 0 saturated heterocycles. The zero-order chi connectivity index (χ0) is 10.9. The maximum atomic E-state index is 11.2. The van der Waals surface area contributed by atoms with E-state index in [4.69, 9.17) is 10.8 Å². The van der Waals surface area contributed by atoms with Crippen molar-refractivity contribution < 1.29 is 14.7 Å². The van der Waals surface area contributed by atoms with Crippen LogP contribution in [-0.2, 0) is 9.59 Å². The SMILES string of the molecule is C=C(C(=O)O)C1(N)C=CSC1C(C)=O. The van der Waals surface area contributed by atoms with Crippen molar-refractivity contribution in [3.63, 3.8) is 0 Å². The summed E-state index contributed by atoms with van der Waals surface area (Å²) in [6.07, 6.45) is 1.51. The number of rotatable bonds is 3. The zero-order valence-electron chi connectivity index (χ0n) is 7.69. The Balaban J connectivity index is 3.03. The summed E-state index contributed by atoms with van der Waals surface area (Å²) in [5, 5.41) is 9.83. The minimum Gasteiger partial charge on any atom is -0.478 e. The van der Waals surface area contributed by atoms with E-state index in [0.717, 1.165) is 0 Å². The Morgan fingerprint density at radius 1 is 1.64 bits per heavy atom. The van der Waals surface area contributed by atoms with E-state index in [0.29, 0.717) is 0 Å². The molecule has 0 bridgehead atoms. The zero-order valence-corrected chi connectivity index (χ0v) is 8.50. The number of ketones is 1. The van der Waals surface area contributed by atoms with Gasteiger partial charge in [-0.1, -0.05) is 12.7 Å². The minimum absolute atomic E-state index is 0.148. The van der Waals surface area contributed by atoms with Crippen LogP contribution in [0.25, 0.3) is 0 Å². The van der Waals surface area contributed by atoms with Gasteiger partial charge in [0.15, 0.2) is 0 Å². The highest BCUT2D eigenvalue weighted by molar-refractivity contribution is 8.03. The molecule has 1 aliphatic rings. The van der Waals surface area contributed by atoms with Crippen LogP contribution in [0.3, 0.4) is 0 Å². The second-order valence-electron chi connectivity index (χ2n) is 3.15. The smallest absolute Gasteiger partial charge is 0.333 e. The van der Waals surface area contributed by atoms with Gasteiger partial charge < -0.3 is 10.8 Å². The molecule has 0 fully saturated rings. The lowest BCUT2D eigenvalue weighted by molar-refractivity contribution is -0.133. The van der Waals surface area contributed by atoms with E-state index in [-0.39, 0.29) is 11.4 Å². The summed E-state index contributed by atoms with van der Waals surface area (Å²) in [7, 11) is 0. The fourth-order valence-electron chi connectivity index (χ4n) is 1.31. The molecule has 1 aliphatic heterocycles. The number of carboxylic acid groups (broad SMARTS) is 1. The third kappa shape index (κ3) is 1.60. The van der Waals surface area contributed by atoms with E-state index < -0.39 is 16.8 Å². The number of thioether (sulfide) groups is 1. The molecule has 0 spiro atoms. The van der Waals surface area contributed by atoms with Crippen molar-refractivity contribution in [1.82, 2.24) is 0 Å². The van der Waals surface area contributed by atoms with Gasteiger partial charge in [0.25, 0.3) is 0 Å². The molecule has 0 radical (unpaired) electrons. The van der Waals surface area contributed by atoms with Crippen molar-refractivity contribution in [3.05, 3.63) is 23.6 Å². The van der Waals surface area contributed by atoms with E-state index in [1.54, 1.807) is 5.41 Å². The number of carboxylic acids is 1. The van der Waals surface area contributed by atoms with Crippen molar-refractivity contribution in [3.8, 4) is 0 Å². The summed E-state index contributed by atoms with van der Waals surface area (Å²) >= 11 is 1.22. The first-order valence-electron chi connectivity index (χ1n) is 3.94. The second kappa shape index (κ2) is 3.59. The van der Waals surface area contributed by atoms with Gasteiger partial charge in [-0.15, -0.1) is 11.8 Å². The van der Waals surface area contributed by atoms with Crippen molar-refractivity contribution in [2.75, 3.05) is 0 Å². The van der Waals surface area contributed by atoms with Gasteiger partial charge in [0.2, 0.25) is 0 Å². The number of aliphatic carboxylic acids is 1. The predicted molar refractivity (Wildman–Crippen MR) is 54.9 cm³/mol. The number of carbonyl (C=O) groups excluding carboxylic acids is 1. The van der Waals surface area contributed by atoms with Crippen LogP contribution in [0, 0.1) is 0 Å². The van der Waals surface area contributed by atoms with E-state index in [2.05, 4.69) is 6.58 Å². The highest BCUT2D eigenvalue weighted by atomic mass is 32.2. The molecule has 2 atom stereocenters. The van der Waals surface area contributed by atoms with E-state index >= 15 is 0 Å². The molecule has 14 heavy (non-hydrogen) atoms. The summed E-state index contributed by atoms with van der Waals surface area (Å²) < 4.78 is 0. The topological polar surface area (TPSA) is 80.4 Å². The molecule has 4 nitrogen and oxygen atoms in total. The van der Waals surface area contributed by atoms with Crippen molar-refractivity contribution in [2.24, 2.45) is 5.73 Å². The standard InChI is InChI=1S/C9H11NO3S/c1-5(8(12)13)9(10)3-4-14-7(9)6(2)11/h3-4,7H,1,10H2,2H3,(H,12,13). The molecule has 5 heteroatoms. The molecule has 0 saturated carbocycles. The quantitative estimate of drug-likeness (QED) is 0.669. The van der Waals surface area contributed by atoms with Crippen LogP contribution in [0.5, 0.6) is 0 Å². The molecular weight excluding hydrogens is 202 g/mol. The van der Waals surface area contributed by atoms with Gasteiger partial charge in [-0.2, -0.15) is 0 Å². The first-order chi connectivity index (χ1) is 6.39. The Kier molecular flexibility index (Phi) is 2.82. The largest absolute Gasteiger partial charge is 0.478 e. The number of nitrogens with two attached hydrogens (primary N) is 1. The van der Waals surface area contributed by atoms with E-state index in [1.165, 1.54) is 24.8 Å². The third-order valence-electron chi connectivity index (χ3n) is 2.14. The average Bonchev–Trinajstić information content (AvgIpc) is 2.47. The maximum Gasteiger partial charge on any atom is 0.333 e. The van der Waals surface area contributed by atoms with Gasteiger partial charge in [0, 0.05) is 0 Å². The van der Waals surface area contributed by atoms with Gasteiger partial charge >= 0.3 is 5.97 Å². The molecule has 0 aromatic heterocycles. The van der Waals surface area contributed by atoms with Gasteiger partial charge in [0.05, 0.1) is 16.4 Å². The maximum absolute atomic E-state index is 11.2. The Hall–Kier alpha value is -1.07. The van der Waals surface area contributed by atoms with Crippen molar-refractivity contribution in [2.45, 2.75) is 17.7 Å². The van der Waals surface area contributed by atoms with Crippen molar-refractivity contribution >= 4 is 23.5 Å². The second-order valence-corrected chi connectivity index (χ2v) is 4.16. The lowest BCUT2D eigenvalue weighted by Crippen LogP contribution is -2.51. The Morgan fingerprint density at radius 2 is 2.21 bits per heavy atom. The Labute approximate surface area is 85.9 Å². The highest BCUT2D eigenvalue weighted by Gasteiger charge is 2.44. The van der Waals surface area contributed by atoms with Gasteiger partial charge in [-0.05, 0) is 12.3 Å². The number of Topliss-reactive ketones (excluding diaryl/α,β-unsaturated/α-hetero) is 1. The number of hydrogen-bond donors (Lipinski definition) is 2. The lowest BCUT2D eigenvalue weighted by Gasteiger charge is -2.27. The van der Waals surface area contributed by atoms with Crippen molar-refractivity contribution in [1.29, 1.82) is 0 Å². The minimum atomic E-state index is -1.25. The van der Waals surface area contributed by atoms with Crippen LogP contribution in [0.4, 0.5) is 0 Å². The Bertz CT molecular complexity index is 337. The summed E-state index contributed by atoms with van der Waals surface area (Å²) in [4.78, 5) is 21.9. The van der Waals surface area contributed by atoms with Gasteiger partial charge in [-0.25, -0.2) is 4.79 Å². The van der Waals surface area contributed by atoms with E-state index in [9.17, 15) is 9.59 Å². The molecule has 76 valence electrons. The molecular formula is C9H11NO3S. The average molecular weight is 213 g/mol. The molecule has 1 heterocycles. The predicted octanol–water partition coefficient (Wildman–Crippen LogP) is 0.543. The van der Waals surface area contributed by atoms with Crippen LogP contribution >= 0.6 is 11.8 Å². The number of carbonyl (C=O) groups is 2. The molecule has 0 amide bonds. The Morgan fingerprint density at radius 3 is 2.64 bits per heavy atom. The van der Waals surface area contributed by atoms with E-state index in [1.807, 2.05) is 0 Å². The van der Waals surface area contributed by atoms with Gasteiger partial charge in [-0.3, -0.25) is 4.79 Å². The molecule has 3 N–H and O–H groups in total. The first-order valence-corrected chi connectivity index (χ1v) is 4.89. The van der Waals surface area contributed by atoms with Gasteiger partial charge in [0.1, 0.15) is 5.78 Å². The highest BCUT2D eigenvalue weighted by Crippen LogP contribution is 2.36. The molecule has 1 rings (SSSR count). The normalized spacial score (nSPS) is 30.3. The molecule has 0 aliphatic carbocycles. The molecule has 2 unspecified atom stereocenters. The number of hydrogen-bond acceptors (Lipinski definition) is 4. The van der Waals surface area contributed by atoms with Crippen LogP contribution in [0.2, 0.25) is 0 Å². The summed E-state index contributed by atoms with van der Waals surface area (Å²) in [5.41, 5.74) is 4.44. The molecule has 0 aromatic rings. The fourth-order valence-corrected chi connectivity index (χ4v) is 2.41. The van der Waals surface area contributed by atoms with Crippen LogP contribution in [0.1, 0.15) is 6.92 Å². The van der Waals surface area contributed by atoms with Crippen LogP contribution < -0.4 is 5.73 Å². The monoisotopic (exact) mass is 213 g/mol. The first kappa shape index (κ1) is 11.0. The summed E-state index contributed by atoms with van der Waals surface area (Å²) in [6.45, 7) is 4.79. The van der Waals surface area contributed by atoms with Crippen LogP contribution in [0.15, 0.2) is 23.6 Å². The lowest BCUT2D eigenvalue weighted by atomic mass is 9.86. The fraction of sp³-hybridized carbons (Fsp3) is 0.333. The third-order valence-corrected chi connectivity index (χ3v) is 3.43. The molecule has 0 aromatic carbocycles. The summed E-state index contributed by atoms with van der Waals surface area (Å²) in [6, 6.07) is 0.